The number of aromatic nitrogens is 3. The van der Waals surface area contributed by atoms with Gasteiger partial charge >= 0.3 is 0 Å². The summed E-state index contributed by atoms with van der Waals surface area (Å²) in [5.41, 5.74) is 3.13. The molecule has 0 saturated heterocycles. The van der Waals surface area contributed by atoms with E-state index in [1.807, 2.05) is 6.20 Å². The third-order valence-electron chi connectivity index (χ3n) is 3.23. The molecule has 78 valence electrons. The molecule has 1 aliphatic rings. The van der Waals surface area contributed by atoms with Crippen molar-refractivity contribution in [3.05, 3.63) is 23.7 Å². The molecule has 0 spiro atoms. The number of nitrogens with one attached hydrogen (secondary N) is 1. The number of rotatable bonds is 1. The summed E-state index contributed by atoms with van der Waals surface area (Å²) in [4.78, 5) is 12.3. The Morgan fingerprint density at radius 1 is 1.33 bits per heavy atom. The molecule has 3 rings (SSSR count). The van der Waals surface area contributed by atoms with Crippen LogP contribution in [0.25, 0.3) is 11.2 Å². The average molecular weight is 201 g/mol. The van der Waals surface area contributed by atoms with Crippen LogP contribution < -0.4 is 0 Å². The molecule has 0 radical (unpaired) electrons. The molecule has 0 aliphatic heterocycles. The van der Waals surface area contributed by atoms with Crippen LogP contribution in [-0.2, 0) is 0 Å². The van der Waals surface area contributed by atoms with E-state index in [0.717, 1.165) is 17.0 Å². The fourth-order valence-corrected chi connectivity index (χ4v) is 2.42. The van der Waals surface area contributed by atoms with E-state index in [1.165, 1.54) is 31.2 Å². The molecule has 1 N–H and O–H groups in total. The highest BCUT2D eigenvalue weighted by atomic mass is 15.0. The zero-order chi connectivity index (χ0) is 10.3. The van der Waals surface area contributed by atoms with E-state index in [0.29, 0.717) is 5.92 Å². The highest BCUT2D eigenvalue weighted by Gasteiger charge is 2.20. The Morgan fingerprint density at radius 3 is 2.93 bits per heavy atom. The van der Waals surface area contributed by atoms with E-state index < -0.39 is 0 Å². The average Bonchev–Trinajstić information content (AvgIpc) is 2.84. The molecular formula is C12H15N3. The topological polar surface area (TPSA) is 41.6 Å². The van der Waals surface area contributed by atoms with Crippen LogP contribution in [-0.4, -0.2) is 15.0 Å². The van der Waals surface area contributed by atoms with E-state index in [-0.39, 0.29) is 0 Å². The van der Waals surface area contributed by atoms with Crippen molar-refractivity contribution < 1.29 is 0 Å². The number of nitrogens with zero attached hydrogens (tertiary/aromatic N) is 2. The summed E-state index contributed by atoms with van der Waals surface area (Å²) < 4.78 is 0. The molecule has 1 saturated carbocycles. The van der Waals surface area contributed by atoms with Crippen molar-refractivity contribution in [3.8, 4) is 0 Å². The zero-order valence-electron chi connectivity index (χ0n) is 8.95. The Bertz CT molecular complexity index is 481. The molecule has 0 bridgehead atoms. The van der Waals surface area contributed by atoms with Gasteiger partial charge in [-0.05, 0) is 31.4 Å². The molecule has 0 aromatic carbocycles. The molecular weight excluding hydrogens is 186 g/mol. The van der Waals surface area contributed by atoms with Crippen molar-refractivity contribution in [1.82, 2.24) is 15.0 Å². The Morgan fingerprint density at radius 2 is 2.13 bits per heavy atom. The number of fused-ring (bicyclic) bond motifs is 1. The van der Waals surface area contributed by atoms with E-state index >= 15 is 0 Å². The smallest absolute Gasteiger partial charge is 0.177 e. The maximum Gasteiger partial charge on any atom is 0.177 e. The van der Waals surface area contributed by atoms with Gasteiger partial charge in [-0.25, -0.2) is 9.97 Å². The van der Waals surface area contributed by atoms with Gasteiger partial charge in [0.05, 0.1) is 5.52 Å². The number of aromatic amines is 1. The molecule has 2 heterocycles. The van der Waals surface area contributed by atoms with Gasteiger partial charge in [-0.1, -0.05) is 12.8 Å². The van der Waals surface area contributed by atoms with Crippen LogP contribution in [0, 0.1) is 6.92 Å². The predicted molar refractivity (Wildman–Crippen MR) is 59.8 cm³/mol. The van der Waals surface area contributed by atoms with Crippen LogP contribution in [0.5, 0.6) is 0 Å². The lowest BCUT2D eigenvalue weighted by Crippen LogP contribution is -1.94. The Balaban J connectivity index is 2.05. The summed E-state index contributed by atoms with van der Waals surface area (Å²) in [5.74, 6) is 1.78. The van der Waals surface area contributed by atoms with Gasteiger partial charge in [0.1, 0.15) is 5.82 Å². The summed E-state index contributed by atoms with van der Waals surface area (Å²) in [5, 5.41) is 0. The van der Waals surface area contributed by atoms with Gasteiger partial charge in [0.2, 0.25) is 0 Å². The molecule has 3 nitrogen and oxygen atoms in total. The van der Waals surface area contributed by atoms with Crippen molar-refractivity contribution in [1.29, 1.82) is 0 Å². The zero-order valence-corrected chi connectivity index (χ0v) is 8.95. The third-order valence-corrected chi connectivity index (χ3v) is 3.23. The summed E-state index contributed by atoms with van der Waals surface area (Å²) in [7, 11) is 0. The summed E-state index contributed by atoms with van der Waals surface area (Å²) in [6.45, 7) is 2.06. The van der Waals surface area contributed by atoms with E-state index in [1.54, 1.807) is 0 Å². The second-order valence-electron chi connectivity index (χ2n) is 4.49. The number of hydrogen-bond donors (Lipinski definition) is 1. The van der Waals surface area contributed by atoms with Crippen molar-refractivity contribution in [3.63, 3.8) is 0 Å². The minimum Gasteiger partial charge on any atom is -0.340 e. The minimum atomic E-state index is 0.638. The first-order valence-corrected chi connectivity index (χ1v) is 5.65. The molecule has 15 heavy (non-hydrogen) atoms. The summed E-state index contributed by atoms with van der Waals surface area (Å²) >= 11 is 0. The summed E-state index contributed by atoms with van der Waals surface area (Å²) in [6.07, 6.45) is 7.11. The normalized spacial score (nSPS) is 17.7. The maximum absolute atomic E-state index is 4.57. The SMILES string of the molecule is Cc1cnc2nc(C3CCCC3)[nH]c2c1. The number of H-pyrrole nitrogens is 1. The van der Waals surface area contributed by atoms with Gasteiger partial charge in [0.15, 0.2) is 5.65 Å². The first-order chi connectivity index (χ1) is 7.33. The monoisotopic (exact) mass is 201 g/mol. The molecule has 0 amide bonds. The molecule has 2 aromatic heterocycles. The molecule has 1 fully saturated rings. The second kappa shape index (κ2) is 3.33. The lowest BCUT2D eigenvalue weighted by atomic mass is 10.1. The first-order valence-electron chi connectivity index (χ1n) is 5.65. The third kappa shape index (κ3) is 1.52. The quantitative estimate of drug-likeness (QED) is 0.770. The second-order valence-corrected chi connectivity index (χ2v) is 4.49. The Hall–Kier alpha value is -1.38. The standard InChI is InChI=1S/C12H15N3/c1-8-6-10-12(13-7-8)15-11(14-10)9-4-2-3-5-9/h6-7,9H,2-5H2,1H3,(H,13,14,15). The van der Waals surface area contributed by atoms with Gasteiger partial charge in [-0.3, -0.25) is 0 Å². The van der Waals surface area contributed by atoms with Crippen LogP contribution in [0.4, 0.5) is 0 Å². The van der Waals surface area contributed by atoms with E-state index in [9.17, 15) is 0 Å². The lowest BCUT2D eigenvalue weighted by molar-refractivity contribution is 0.681. The van der Waals surface area contributed by atoms with Gasteiger partial charge < -0.3 is 4.98 Å². The van der Waals surface area contributed by atoms with Crippen LogP contribution >= 0.6 is 0 Å². The van der Waals surface area contributed by atoms with Gasteiger partial charge in [0, 0.05) is 12.1 Å². The molecule has 2 aromatic rings. The van der Waals surface area contributed by atoms with Crippen molar-refractivity contribution in [2.24, 2.45) is 0 Å². The fourth-order valence-electron chi connectivity index (χ4n) is 2.42. The molecule has 3 heteroatoms. The lowest BCUT2D eigenvalue weighted by Gasteiger charge is -2.02. The first kappa shape index (κ1) is 8.89. The highest BCUT2D eigenvalue weighted by Crippen LogP contribution is 2.33. The van der Waals surface area contributed by atoms with Crippen LogP contribution in [0.15, 0.2) is 12.3 Å². The minimum absolute atomic E-state index is 0.638. The number of imidazole rings is 1. The summed E-state index contributed by atoms with van der Waals surface area (Å²) in [6, 6.07) is 2.12. The number of pyridine rings is 1. The fraction of sp³-hybridized carbons (Fsp3) is 0.500. The number of hydrogen-bond acceptors (Lipinski definition) is 2. The molecule has 0 unspecified atom stereocenters. The van der Waals surface area contributed by atoms with Crippen molar-refractivity contribution in [2.75, 3.05) is 0 Å². The van der Waals surface area contributed by atoms with Gasteiger partial charge in [-0.2, -0.15) is 0 Å². The maximum atomic E-state index is 4.57. The van der Waals surface area contributed by atoms with Crippen molar-refractivity contribution in [2.45, 2.75) is 38.5 Å². The Kier molecular flexibility index (Phi) is 1.97. The van der Waals surface area contributed by atoms with Crippen LogP contribution in [0.1, 0.15) is 43.0 Å². The highest BCUT2D eigenvalue weighted by molar-refractivity contribution is 5.71. The van der Waals surface area contributed by atoms with E-state index in [4.69, 9.17) is 0 Å². The van der Waals surface area contributed by atoms with Gasteiger partial charge in [-0.15, -0.1) is 0 Å². The predicted octanol–water partition coefficient (Wildman–Crippen LogP) is 2.92. The van der Waals surface area contributed by atoms with E-state index in [2.05, 4.69) is 27.9 Å². The molecule has 0 atom stereocenters. The van der Waals surface area contributed by atoms with Crippen LogP contribution in [0.2, 0.25) is 0 Å². The molecule has 1 aliphatic carbocycles. The van der Waals surface area contributed by atoms with Gasteiger partial charge in [0.25, 0.3) is 0 Å². The number of aryl methyl sites for hydroxylation is 1. The largest absolute Gasteiger partial charge is 0.340 e. The van der Waals surface area contributed by atoms with Crippen LogP contribution in [0.3, 0.4) is 0 Å². The Labute approximate surface area is 88.9 Å². The van der Waals surface area contributed by atoms with Crippen molar-refractivity contribution >= 4 is 11.2 Å².